The molecule has 1 aromatic heterocycles. The van der Waals surface area contributed by atoms with E-state index >= 15 is 0 Å². The van der Waals surface area contributed by atoms with E-state index in [0.717, 1.165) is 19.4 Å². The molecule has 0 saturated heterocycles. The van der Waals surface area contributed by atoms with Crippen LogP contribution in [0, 0.1) is 5.92 Å². The van der Waals surface area contributed by atoms with E-state index in [4.69, 9.17) is 5.73 Å². The van der Waals surface area contributed by atoms with Crippen molar-refractivity contribution in [1.82, 2.24) is 10.2 Å². The third-order valence-corrected chi connectivity index (χ3v) is 2.46. The number of nitrogens with zero attached hydrogens (tertiary/aromatic N) is 1. The quantitative estimate of drug-likeness (QED) is 0.613. The number of nitrogens with two attached hydrogens (primary N) is 1. The molecular formula is C8H13N3. The topological polar surface area (TPSA) is 54.7 Å². The zero-order chi connectivity index (χ0) is 7.68. The number of hydrogen-bond acceptors (Lipinski definition) is 2. The van der Waals surface area contributed by atoms with Crippen molar-refractivity contribution in [2.24, 2.45) is 11.7 Å². The molecule has 3 heteroatoms. The van der Waals surface area contributed by atoms with Crippen molar-refractivity contribution in [3.63, 3.8) is 0 Å². The van der Waals surface area contributed by atoms with Crippen LogP contribution in [0.15, 0.2) is 6.20 Å². The Bertz CT molecular complexity index is 241. The van der Waals surface area contributed by atoms with Crippen LogP contribution in [0.25, 0.3) is 0 Å². The Labute approximate surface area is 66.0 Å². The lowest BCUT2D eigenvalue weighted by Crippen LogP contribution is -2.21. The highest BCUT2D eigenvalue weighted by atomic mass is 15.1. The van der Waals surface area contributed by atoms with Crippen molar-refractivity contribution in [2.75, 3.05) is 6.54 Å². The van der Waals surface area contributed by atoms with Gasteiger partial charge in [-0.3, -0.25) is 5.10 Å². The maximum absolute atomic E-state index is 5.59. The number of H-pyrrole nitrogens is 1. The zero-order valence-corrected chi connectivity index (χ0v) is 6.51. The molecule has 2 rings (SSSR count). The largest absolute Gasteiger partial charge is 0.330 e. The standard InChI is InChI=1S/C8H13N3/c9-4-6-1-2-7-5-10-11-8(7)3-6/h5-6H,1-4,9H2,(H,10,11)/t6-/m0/s1. The van der Waals surface area contributed by atoms with E-state index in [-0.39, 0.29) is 0 Å². The minimum absolute atomic E-state index is 0.669. The molecule has 1 heterocycles. The Kier molecular flexibility index (Phi) is 1.66. The van der Waals surface area contributed by atoms with Crippen LogP contribution in [0.3, 0.4) is 0 Å². The van der Waals surface area contributed by atoms with Crippen molar-refractivity contribution in [3.8, 4) is 0 Å². The first-order chi connectivity index (χ1) is 5.40. The van der Waals surface area contributed by atoms with Crippen molar-refractivity contribution in [1.29, 1.82) is 0 Å². The van der Waals surface area contributed by atoms with Gasteiger partial charge in [0.2, 0.25) is 0 Å². The number of rotatable bonds is 1. The van der Waals surface area contributed by atoms with E-state index in [0.29, 0.717) is 5.92 Å². The Morgan fingerprint density at radius 1 is 1.73 bits per heavy atom. The van der Waals surface area contributed by atoms with Gasteiger partial charge in [0.05, 0.1) is 6.20 Å². The van der Waals surface area contributed by atoms with Gasteiger partial charge < -0.3 is 5.73 Å². The second-order valence-corrected chi connectivity index (χ2v) is 3.22. The lowest BCUT2D eigenvalue weighted by Gasteiger charge is -2.19. The molecule has 0 aromatic carbocycles. The fraction of sp³-hybridized carbons (Fsp3) is 0.625. The summed E-state index contributed by atoms with van der Waals surface area (Å²) in [6.45, 7) is 0.804. The first kappa shape index (κ1) is 6.85. The summed E-state index contributed by atoms with van der Waals surface area (Å²) < 4.78 is 0. The van der Waals surface area contributed by atoms with E-state index in [1.54, 1.807) is 0 Å². The van der Waals surface area contributed by atoms with Gasteiger partial charge in [0.15, 0.2) is 0 Å². The molecule has 60 valence electrons. The molecular weight excluding hydrogens is 138 g/mol. The highest BCUT2D eigenvalue weighted by Gasteiger charge is 2.18. The summed E-state index contributed by atoms with van der Waals surface area (Å²) in [5.41, 5.74) is 8.28. The van der Waals surface area contributed by atoms with E-state index in [1.807, 2.05) is 6.20 Å². The minimum atomic E-state index is 0.669. The molecule has 0 radical (unpaired) electrons. The van der Waals surface area contributed by atoms with Crippen LogP contribution in [-0.2, 0) is 12.8 Å². The maximum Gasteiger partial charge on any atom is 0.0522 e. The van der Waals surface area contributed by atoms with Gasteiger partial charge in [-0.1, -0.05) is 0 Å². The fourth-order valence-electron chi connectivity index (χ4n) is 1.68. The van der Waals surface area contributed by atoms with Crippen LogP contribution >= 0.6 is 0 Å². The van der Waals surface area contributed by atoms with E-state index in [2.05, 4.69) is 10.2 Å². The van der Waals surface area contributed by atoms with Crippen LogP contribution in [0.2, 0.25) is 0 Å². The Hall–Kier alpha value is -0.830. The van der Waals surface area contributed by atoms with E-state index in [1.165, 1.54) is 17.7 Å². The van der Waals surface area contributed by atoms with Crippen molar-refractivity contribution < 1.29 is 0 Å². The number of aromatic nitrogens is 2. The first-order valence-electron chi connectivity index (χ1n) is 4.11. The summed E-state index contributed by atoms with van der Waals surface area (Å²) in [6.07, 6.45) is 5.39. The van der Waals surface area contributed by atoms with Gasteiger partial charge in [0.25, 0.3) is 0 Å². The summed E-state index contributed by atoms with van der Waals surface area (Å²) in [7, 11) is 0. The fourth-order valence-corrected chi connectivity index (χ4v) is 1.68. The van der Waals surface area contributed by atoms with Crippen LogP contribution in [0.4, 0.5) is 0 Å². The molecule has 0 fully saturated rings. The SMILES string of the molecule is NC[C@H]1CCc2cn[nH]c2C1. The van der Waals surface area contributed by atoms with E-state index < -0.39 is 0 Å². The third-order valence-electron chi connectivity index (χ3n) is 2.46. The van der Waals surface area contributed by atoms with Gasteiger partial charge in [-0.05, 0) is 37.3 Å². The van der Waals surface area contributed by atoms with Crippen LogP contribution in [0.1, 0.15) is 17.7 Å². The highest BCUT2D eigenvalue weighted by molar-refractivity contribution is 5.19. The lowest BCUT2D eigenvalue weighted by molar-refractivity contribution is 0.464. The Balaban J connectivity index is 2.18. The van der Waals surface area contributed by atoms with Crippen LogP contribution in [-0.4, -0.2) is 16.7 Å². The van der Waals surface area contributed by atoms with Gasteiger partial charge >= 0.3 is 0 Å². The average molecular weight is 151 g/mol. The number of nitrogens with one attached hydrogen (secondary N) is 1. The second-order valence-electron chi connectivity index (χ2n) is 3.22. The molecule has 1 atom stereocenters. The molecule has 0 spiro atoms. The number of fused-ring (bicyclic) bond motifs is 1. The van der Waals surface area contributed by atoms with Gasteiger partial charge in [0, 0.05) is 5.69 Å². The van der Waals surface area contributed by atoms with Crippen LogP contribution < -0.4 is 5.73 Å². The smallest absolute Gasteiger partial charge is 0.0522 e. The molecule has 1 aromatic rings. The molecule has 0 aliphatic heterocycles. The monoisotopic (exact) mass is 151 g/mol. The predicted molar refractivity (Wildman–Crippen MR) is 43.2 cm³/mol. The Morgan fingerprint density at radius 3 is 3.45 bits per heavy atom. The minimum Gasteiger partial charge on any atom is -0.330 e. The molecule has 1 aliphatic carbocycles. The zero-order valence-electron chi connectivity index (χ0n) is 6.51. The second kappa shape index (κ2) is 2.66. The third kappa shape index (κ3) is 1.16. The van der Waals surface area contributed by atoms with Gasteiger partial charge in [-0.15, -0.1) is 0 Å². The molecule has 0 unspecified atom stereocenters. The molecule has 0 amide bonds. The summed E-state index contributed by atoms with van der Waals surface area (Å²) in [4.78, 5) is 0. The molecule has 3 N–H and O–H groups in total. The van der Waals surface area contributed by atoms with E-state index in [9.17, 15) is 0 Å². The van der Waals surface area contributed by atoms with Gasteiger partial charge in [-0.2, -0.15) is 5.10 Å². The molecule has 3 nitrogen and oxygen atoms in total. The number of hydrogen-bond donors (Lipinski definition) is 2. The molecule has 0 bridgehead atoms. The van der Waals surface area contributed by atoms with Crippen LogP contribution in [0.5, 0.6) is 0 Å². The van der Waals surface area contributed by atoms with Crippen molar-refractivity contribution >= 4 is 0 Å². The molecule has 11 heavy (non-hydrogen) atoms. The summed E-state index contributed by atoms with van der Waals surface area (Å²) in [5.74, 6) is 0.669. The lowest BCUT2D eigenvalue weighted by atomic mass is 9.88. The Morgan fingerprint density at radius 2 is 2.64 bits per heavy atom. The molecule has 1 aliphatic rings. The van der Waals surface area contributed by atoms with Crippen molar-refractivity contribution in [2.45, 2.75) is 19.3 Å². The average Bonchev–Trinajstić information content (AvgIpc) is 2.50. The first-order valence-corrected chi connectivity index (χ1v) is 4.11. The number of aryl methyl sites for hydroxylation is 1. The van der Waals surface area contributed by atoms with Gasteiger partial charge in [-0.25, -0.2) is 0 Å². The highest BCUT2D eigenvalue weighted by Crippen LogP contribution is 2.22. The summed E-state index contributed by atoms with van der Waals surface area (Å²) in [5, 5.41) is 7.02. The number of aromatic amines is 1. The van der Waals surface area contributed by atoms with Crippen molar-refractivity contribution in [3.05, 3.63) is 17.5 Å². The summed E-state index contributed by atoms with van der Waals surface area (Å²) in [6, 6.07) is 0. The molecule has 0 saturated carbocycles. The maximum atomic E-state index is 5.59. The van der Waals surface area contributed by atoms with Gasteiger partial charge in [0.1, 0.15) is 0 Å². The summed E-state index contributed by atoms with van der Waals surface area (Å²) >= 11 is 0. The predicted octanol–water partition coefficient (Wildman–Crippen LogP) is 0.473. The normalized spacial score (nSPS) is 23.2.